The molecule has 1 fully saturated rings. The third-order valence-corrected chi connectivity index (χ3v) is 6.13. The minimum absolute atomic E-state index is 0.0346. The van der Waals surface area contributed by atoms with Crippen LogP contribution >= 0.6 is 11.8 Å². The highest BCUT2D eigenvalue weighted by Crippen LogP contribution is 2.21. The van der Waals surface area contributed by atoms with Crippen molar-refractivity contribution >= 4 is 23.6 Å². The van der Waals surface area contributed by atoms with Gasteiger partial charge in [-0.15, -0.1) is 0 Å². The molecule has 1 amide bonds. The summed E-state index contributed by atoms with van der Waals surface area (Å²) in [6, 6.07) is 5.21. The maximum Gasteiger partial charge on any atom is 0.303 e. The van der Waals surface area contributed by atoms with Crippen LogP contribution in [-0.2, 0) is 32.9 Å². The summed E-state index contributed by atoms with van der Waals surface area (Å²) in [5, 5.41) is 0.472. The average molecular weight is 477 g/mol. The molecule has 0 unspecified atom stereocenters. The number of hydrogen-bond acceptors (Lipinski definition) is 8. The van der Waals surface area contributed by atoms with Crippen molar-refractivity contribution in [1.82, 2.24) is 19.8 Å². The van der Waals surface area contributed by atoms with Crippen molar-refractivity contribution < 1.29 is 18.7 Å². The highest BCUT2D eigenvalue weighted by atomic mass is 32.2. The third kappa shape index (κ3) is 7.75. The zero-order valence-corrected chi connectivity index (χ0v) is 20.5. The van der Waals surface area contributed by atoms with E-state index in [1.54, 1.807) is 0 Å². The number of aromatic amines is 1. The van der Waals surface area contributed by atoms with Gasteiger partial charge in [-0.05, 0) is 18.6 Å². The molecule has 2 aromatic rings. The fraction of sp³-hybridized carbons (Fsp3) is 0.565. The van der Waals surface area contributed by atoms with E-state index >= 15 is 0 Å². The van der Waals surface area contributed by atoms with E-state index in [1.807, 2.05) is 37.8 Å². The van der Waals surface area contributed by atoms with Crippen molar-refractivity contribution in [3.63, 3.8) is 0 Å². The van der Waals surface area contributed by atoms with Crippen LogP contribution in [0.5, 0.6) is 0 Å². The first kappa shape index (κ1) is 25.0. The summed E-state index contributed by atoms with van der Waals surface area (Å²) in [6.45, 7) is 11.1. The Morgan fingerprint density at radius 1 is 1.18 bits per heavy atom. The predicted molar refractivity (Wildman–Crippen MR) is 125 cm³/mol. The Hall–Kier alpha value is -2.59. The molecule has 0 atom stereocenters. The van der Waals surface area contributed by atoms with Gasteiger partial charge in [-0.1, -0.05) is 32.5 Å². The number of ether oxygens (including phenoxy) is 1. The third-order valence-electron chi connectivity index (χ3n) is 5.28. The second kappa shape index (κ2) is 11.0. The van der Waals surface area contributed by atoms with Gasteiger partial charge in [0.05, 0.1) is 18.0 Å². The summed E-state index contributed by atoms with van der Waals surface area (Å²) in [7, 11) is 0. The summed E-state index contributed by atoms with van der Waals surface area (Å²) in [5.41, 5.74) is 0.265. The topological polar surface area (TPSA) is 109 Å². The number of nitrogens with one attached hydrogen (secondary N) is 1. The summed E-state index contributed by atoms with van der Waals surface area (Å²) < 4.78 is 10.7. The molecule has 1 aliphatic rings. The number of aromatic nitrogens is 2. The van der Waals surface area contributed by atoms with Crippen LogP contribution < -0.4 is 5.56 Å². The zero-order chi connectivity index (χ0) is 24.0. The number of carbonyl (C=O) groups is 2. The van der Waals surface area contributed by atoms with E-state index in [2.05, 4.69) is 14.9 Å². The number of hydrogen-bond donors (Lipinski definition) is 1. The molecule has 3 rings (SSSR count). The van der Waals surface area contributed by atoms with Crippen LogP contribution in [0.3, 0.4) is 0 Å². The summed E-state index contributed by atoms with van der Waals surface area (Å²) >= 11 is 1.26. The molecule has 1 aliphatic heterocycles. The Kier molecular flexibility index (Phi) is 8.36. The minimum atomic E-state index is -0.340. The number of rotatable bonds is 7. The average Bonchev–Trinajstić information content (AvgIpc) is 3.05. The molecule has 1 saturated heterocycles. The molecule has 0 aliphatic carbocycles. The quantitative estimate of drug-likeness (QED) is 0.369. The van der Waals surface area contributed by atoms with Crippen LogP contribution in [0.4, 0.5) is 0 Å². The largest absolute Gasteiger partial charge is 0.461 e. The smallest absolute Gasteiger partial charge is 0.303 e. The van der Waals surface area contributed by atoms with Crippen LogP contribution in [0.25, 0.3) is 0 Å². The van der Waals surface area contributed by atoms with Crippen molar-refractivity contribution in [1.29, 1.82) is 0 Å². The first-order chi connectivity index (χ1) is 15.6. The van der Waals surface area contributed by atoms with Crippen LogP contribution in [-0.4, -0.2) is 63.6 Å². The number of H-pyrrole nitrogens is 1. The Balaban J connectivity index is 1.49. The molecular weight excluding hydrogens is 444 g/mol. The SMILES string of the molecule is CC(=O)OCc1ccc(CN2CCCN(C(=O)CSc3nc(C(C)(C)C)cc(=O)[nH]3)CC2)o1. The Morgan fingerprint density at radius 2 is 1.94 bits per heavy atom. The van der Waals surface area contributed by atoms with Gasteiger partial charge in [-0.25, -0.2) is 4.98 Å². The zero-order valence-electron chi connectivity index (χ0n) is 19.7. The second-order valence-corrected chi connectivity index (χ2v) is 10.1. The lowest BCUT2D eigenvalue weighted by molar-refractivity contribution is -0.142. The van der Waals surface area contributed by atoms with Gasteiger partial charge in [0.15, 0.2) is 5.16 Å². The van der Waals surface area contributed by atoms with Crippen LogP contribution in [0.1, 0.15) is 51.3 Å². The van der Waals surface area contributed by atoms with Gasteiger partial charge in [0.2, 0.25) is 5.91 Å². The molecule has 0 aromatic carbocycles. The van der Waals surface area contributed by atoms with Crippen LogP contribution in [0.2, 0.25) is 0 Å². The van der Waals surface area contributed by atoms with Crippen molar-refractivity contribution in [2.75, 3.05) is 31.9 Å². The first-order valence-corrected chi connectivity index (χ1v) is 12.0. The van der Waals surface area contributed by atoms with E-state index in [0.29, 0.717) is 36.2 Å². The van der Waals surface area contributed by atoms with E-state index in [9.17, 15) is 14.4 Å². The number of nitrogens with zero attached hydrogens (tertiary/aromatic N) is 3. The molecule has 0 saturated carbocycles. The summed E-state index contributed by atoms with van der Waals surface area (Å²) in [6.07, 6.45) is 0.867. The van der Waals surface area contributed by atoms with Gasteiger partial charge in [-0.2, -0.15) is 0 Å². The molecular formula is C23H32N4O5S. The van der Waals surface area contributed by atoms with E-state index in [1.165, 1.54) is 24.8 Å². The Bertz CT molecular complexity index is 1030. The number of carbonyl (C=O) groups excluding carboxylic acids is 2. The molecule has 180 valence electrons. The molecule has 3 heterocycles. The number of amides is 1. The normalized spacial score (nSPS) is 15.3. The van der Waals surface area contributed by atoms with Crippen molar-refractivity contribution in [3.05, 3.63) is 45.8 Å². The fourth-order valence-corrected chi connectivity index (χ4v) is 4.24. The van der Waals surface area contributed by atoms with Crippen LogP contribution in [0.15, 0.2) is 32.6 Å². The van der Waals surface area contributed by atoms with E-state index in [4.69, 9.17) is 9.15 Å². The molecule has 1 N–H and O–H groups in total. The lowest BCUT2D eigenvalue weighted by atomic mass is 9.92. The monoisotopic (exact) mass is 476 g/mol. The molecule has 2 aromatic heterocycles. The number of furan rings is 1. The first-order valence-electron chi connectivity index (χ1n) is 11.1. The lowest BCUT2D eigenvalue weighted by Crippen LogP contribution is -2.36. The fourth-order valence-electron chi connectivity index (χ4n) is 3.47. The van der Waals surface area contributed by atoms with Gasteiger partial charge in [-0.3, -0.25) is 19.3 Å². The van der Waals surface area contributed by atoms with E-state index in [-0.39, 0.29) is 35.2 Å². The molecule has 33 heavy (non-hydrogen) atoms. The highest BCUT2D eigenvalue weighted by Gasteiger charge is 2.21. The van der Waals surface area contributed by atoms with Gasteiger partial charge < -0.3 is 19.0 Å². The van der Waals surface area contributed by atoms with E-state index < -0.39 is 0 Å². The van der Waals surface area contributed by atoms with Gasteiger partial charge >= 0.3 is 5.97 Å². The molecule has 9 nitrogen and oxygen atoms in total. The molecule has 0 spiro atoms. The second-order valence-electron chi connectivity index (χ2n) is 9.13. The maximum absolute atomic E-state index is 12.8. The maximum atomic E-state index is 12.8. The van der Waals surface area contributed by atoms with Crippen LogP contribution in [0, 0.1) is 0 Å². The number of thioether (sulfide) groups is 1. The highest BCUT2D eigenvalue weighted by molar-refractivity contribution is 7.99. The molecule has 0 bridgehead atoms. The van der Waals surface area contributed by atoms with E-state index in [0.717, 1.165) is 25.3 Å². The Morgan fingerprint density at radius 3 is 2.67 bits per heavy atom. The lowest BCUT2D eigenvalue weighted by Gasteiger charge is -2.21. The van der Waals surface area contributed by atoms with Crippen molar-refractivity contribution in [2.24, 2.45) is 0 Å². The summed E-state index contributed by atoms with van der Waals surface area (Å²) in [4.78, 5) is 47.0. The summed E-state index contributed by atoms with van der Waals surface area (Å²) in [5.74, 6) is 1.35. The van der Waals surface area contributed by atoms with Crippen molar-refractivity contribution in [3.8, 4) is 0 Å². The minimum Gasteiger partial charge on any atom is -0.461 e. The van der Waals surface area contributed by atoms with Gasteiger partial charge in [0, 0.05) is 44.6 Å². The number of esters is 1. The predicted octanol–water partition coefficient (Wildman–Crippen LogP) is 2.55. The Labute approximate surface area is 197 Å². The van der Waals surface area contributed by atoms with Gasteiger partial charge in [0.25, 0.3) is 5.56 Å². The van der Waals surface area contributed by atoms with Crippen molar-refractivity contribution in [2.45, 2.75) is 57.8 Å². The molecule has 0 radical (unpaired) electrons. The molecule has 10 heteroatoms. The standard InChI is InChI=1S/C23H32N4O5S/c1-16(28)31-14-18-7-6-17(32-18)13-26-8-5-9-27(11-10-26)21(30)15-33-22-24-19(23(2,3)4)12-20(29)25-22/h6-7,12H,5,8-11,13-15H2,1-4H3,(H,24,25,29). The van der Waals surface area contributed by atoms with Gasteiger partial charge in [0.1, 0.15) is 18.1 Å².